The number of alkyl halides is 3. The van der Waals surface area contributed by atoms with Crippen molar-refractivity contribution >= 4 is 56.7 Å². The van der Waals surface area contributed by atoms with Crippen LogP contribution in [-0.2, 0) is 30.8 Å². The van der Waals surface area contributed by atoms with E-state index in [1.54, 1.807) is 31.2 Å². The van der Waals surface area contributed by atoms with E-state index >= 15 is 0 Å². The quantitative estimate of drug-likeness (QED) is 0.256. The maximum absolute atomic E-state index is 14.0. The van der Waals surface area contributed by atoms with Crippen molar-refractivity contribution in [2.75, 3.05) is 25.0 Å². The van der Waals surface area contributed by atoms with Gasteiger partial charge in [0.25, 0.3) is 5.91 Å². The number of benzene rings is 2. The van der Waals surface area contributed by atoms with Gasteiger partial charge in [0.15, 0.2) is 0 Å². The lowest BCUT2D eigenvalue weighted by Gasteiger charge is -2.31. The van der Waals surface area contributed by atoms with Gasteiger partial charge >= 0.3 is 12.1 Å². The normalized spacial score (nSPS) is 20.2. The number of esters is 1. The van der Waals surface area contributed by atoms with Gasteiger partial charge in [-0.05, 0) is 68.6 Å². The van der Waals surface area contributed by atoms with Crippen LogP contribution in [0.3, 0.4) is 0 Å². The molecule has 276 valence electrons. The first kappa shape index (κ1) is 38.9. The summed E-state index contributed by atoms with van der Waals surface area (Å²) >= 11 is 12.2. The molecule has 2 N–H and O–H groups in total. The Bertz CT molecular complexity index is 1960. The first-order valence-corrected chi connectivity index (χ1v) is 18.3. The Morgan fingerprint density at radius 1 is 1.12 bits per heavy atom. The van der Waals surface area contributed by atoms with E-state index in [-0.39, 0.29) is 64.9 Å². The SMILES string of the molecule is CCOC(=O)[C@H](Cc1ccc(NC(=O)c2c(Cl)cncc2Cl)cc1)NC(=O)[C@@H]1C[C@@H](N2CCCC2C(F)(F)F)CN1S(=O)(=O)c1cccc(C#N)c1. The highest BCUT2D eigenvalue weighted by Gasteiger charge is 2.53. The van der Waals surface area contributed by atoms with E-state index in [2.05, 4.69) is 15.6 Å². The van der Waals surface area contributed by atoms with Crippen molar-refractivity contribution in [3.05, 3.63) is 87.7 Å². The largest absolute Gasteiger partial charge is 0.464 e. The monoisotopic (exact) mass is 780 g/mol. The highest BCUT2D eigenvalue weighted by atomic mass is 35.5. The fourth-order valence-corrected chi connectivity index (χ4v) is 8.67. The molecule has 4 atom stereocenters. The molecule has 3 aromatic rings. The van der Waals surface area contributed by atoms with Crippen LogP contribution in [-0.4, -0.2) is 90.4 Å². The van der Waals surface area contributed by atoms with Crippen molar-refractivity contribution in [2.24, 2.45) is 0 Å². The van der Waals surface area contributed by atoms with Gasteiger partial charge in [0.05, 0.1) is 38.7 Å². The summed E-state index contributed by atoms with van der Waals surface area (Å²) < 4.78 is 75.9. The lowest BCUT2D eigenvalue weighted by Crippen LogP contribution is -2.51. The number of halogens is 5. The molecule has 2 fully saturated rings. The van der Waals surface area contributed by atoms with Gasteiger partial charge < -0.3 is 15.4 Å². The first-order valence-electron chi connectivity index (χ1n) is 16.1. The topological polar surface area (TPSA) is 162 Å². The van der Waals surface area contributed by atoms with Crippen molar-refractivity contribution < 1.29 is 40.7 Å². The van der Waals surface area contributed by atoms with Gasteiger partial charge in [-0.25, -0.2) is 13.2 Å². The fraction of sp³-hybridized carbons (Fsp3) is 0.382. The Balaban J connectivity index is 1.38. The van der Waals surface area contributed by atoms with Crippen molar-refractivity contribution in [3.8, 4) is 6.07 Å². The minimum Gasteiger partial charge on any atom is -0.464 e. The van der Waals surface area contributed by atoms with Gasteiger partial charge in [-0.3, -0.25) is 19.5 Å². The second-order valence-electron chi connectivity index (χ2n) is 12.2. The zero-order valence-corrected chi connectivity index (χ0v) is 29.9. The second-order valence-corrected chi connectivity index (χ2v) is 14.9. The zero-order valence-electron chi connectivity index (χ0n) is 27.6. The smallest absolute Gasteiger partial charge is 0.404 e. The van der Waals surface area contributed by atoms with Crippen LogP contribution in [0.15, 0.2) is 65.8 Å². The predicted molar refractivity (Wildman–Crippen MR) is 184 cm³/mol. The van der Waals surface area contributed by atoms with E-state index in [0.717, 1.165) is 10.4 Å². The molecule has 2 aromatic carbocycles. The molecule has 2 saturated heterocycles. The van der Waals surface area contributed by atoms with E-state index in [1.807, 2.05) is 6.07 Å². The molecule has 1 aromatic heterocycles. The van der Waals surface area contributed by atoms with Gasteiger partial charge in [-0.1, -0.05) is 41.4 Å². The minimum atomic E-state index is -4.56. The molecule has 0 aliphatic carbocycles. The summed E-state index contributed by atoms with van der Waals surface area (Å²) in [6.45, 7) is 1.17. The Labute approximate surface area is 307 Å². The highest BCUT2D eigenvalue weighted by Crippen LogP contribution is 2.38. The number of hydrogen-bond acceptors (Lipinski definition) is 9. The van der Waals surface area contributed by atoms with E-state index in [1.165, 1.54) is 35.5 Å². The molecule has 2 amide bonds. The molecule has 0 saturated carbocycles. The summed E-state index contributed by atoms with van der Waals surface area (Å²) in [5, 5.41) is 14.7. The number of nitrogens with zero attached hydrogens (tertiary/aromatic N) is 4. The number of pyridine rings is 1. The highest BCUT2D eigenvalue weighted by molar-refractivity contribution is 7.89. The third kappa shape index (κ3) is 8.67. The molecular weight excluding hydrogens is 748 g/mol. The molecule has 52 heavy (non-hydrogen) atoms. The third-order valence-corrected chi connectivity index (χ3v) is 11.3. The van der Waals surface area contributed by atoms with Gasteiger partial charge in [0.1, 0.15) is 18.1 Å². The molecule has 18 heteroatoms. The Morgan fingerprint density at radius 3 is 2.44 bits per heavy atom. The Morgan fingerprint density at radius 2 is 1.81 bits per heavy atom. The standard InChI is InChI=1S/C34H33Cl2F3N6O6S/c1-2-51-33(48)27(14-20-8-10-22(11-9-20)42-32(47)30-25(35)17-41-18-26(30)36)43-31(46)28-15-23(44-12-4-7-29(44)34(37,38)39)19-45(28)52(49,50)24-6-3-5-21(13-24)16-40/h3,5-6,8-11,13,17-18,23,27-29H,2,4,7,12,14-15,19H2,1H3,(H,42,47)(H,43,46)/t23-,27+,28+,29?/m1/s1. The zero-order chi connectivity index (χ0) is 37.8. The van der Waals surface area contributed by atoms with E-state index in [9.17, 15) is 41.2 Å². The van der Waals surface area contributed by atoms with E-state index < -0.39 is 64.7 Å². The molecule has 2 aliphatic heterocycles. The van der Waals surface area contributed by atoms with Gasteiger partial charge in [-0.2, -0.15) is 22.7 Å². The average molecular weight is 782 g/mol. The number of sulfonamides is 1. The van der Waals surface area contributed by atoms with Crippen LogP contribution in [0.25, 0.3) is 0 Å². The Kier molecular flexibility index (Phi) is 12.1. The number of carbonyl (C=O) groups excluding carboxylic acids is 3. The van der Waals surface area contributed by atoms with Crippen molar-refractivity contribution in [1.29, 1.82) is 5.26 Å². The maximum Gasteiger partial charge on any atom is 0.404 e. The lowest BCUT2D eigenvalue weighted by molar-refractivity contribution is -0.180. The second kappa shape index (κ2) is 16.2. The lowest BCUT2D eigenvalue weighted by atomic mass is 10.0. The molecule has 2 aliphatic rings. The van der Waals surface area contributed by atoms with Gasteiger partial charge in [-0.15, -0.1) is 0 Å². The van der Waals surface area contributed by atoms with Crippen LogP contribution in [0.1, 0.15) is 47.7 Å². The summed E-state index contributed by atoms with van der Waals surface area (Å²) in [5.41, 5.74) is 0.928. The summed E-state index contributed by atoms with van der Waals surface area (Å²) in [4.78, 5) is 44.6. The molecular formula is C34H33Cl2F3N6O6S. The molecule has 5 rings (SSSR count). The average Bonchev–Trinajstić information content (AvgIpc) is 3.78. The third-order valence-electron chi connectivity index (χ3n) is 8.87. The molecule has 1 unspecified atom stereocenters. The minimum absolute atomic E-state index is 0.0223. The molecule has 3 heterocycles. The van der Waals surface area contributed by atoms with Gasteiger partial charge in [0, 0.05) is 37.1 Å². The molecule has 12 nitrogen and oxygen atoms in total. The number of amides is 2. The van der Waals surface area contributed by atoms with Gasteiger partial charge in [0.2, 0.25) is 15.9 Å². The van der Waals surface area contributed by atoms with Crippen LogP contribution in [0.2, 0.25) is 10.0 Å². The number of nitriles is 1. The first-order chi connectivity index (χ1) is 24.6. The van der Waals surface area contributed by atoms with Crippen molar-refractivity contribution in [3.63, 3.8) is 0 Å². The van der Waals surface area contributed by atoms with Crippen LogP contribution < -0.4 is 10.6 Å². The number of likely N-dealkylation sites (tertiary alicyclic amines) is 1. The van der Waals surface area contributed by atoms with Crippen molar-refractivity contribution in [2.45, 2.75) is 67.8 Å². The number of rotatable bonds is 11. The predicted octanol–water partition coefficient (Wildman–Crippen LogP) is 4.96. The van der Waals surface area contributed by atoms with E-state index in [0.29, 0.717) is 11.3 Å². The molecule has 0 spiro atoms. The summed E-state index contributed by atoms with van der Waals surface area (Å²) in [6.07, 6.45) is -2.32. The Hall–Kier alpha value is -4.27. The number of nitrogens with one attached hydrogen (secondary N) is 2. The number of aromatic nitrogens is 1. The fourth-order valence-electron chi connectivity index (χ4n) is 6.45. The summed E-state index contributed by atoms with van der Waals surface area (Å²) in [7, 11) is -4.50. The van der Waals surface area contributed by atoms with Crippen LogP contribution in [0.4, 0.5) is 18.9 Å². The van der Waals surface area contributed by atoms with Crippen molar-refractivity contribution in [1.82, 2.24) is 19.5 Å². The maximum atomic E-state index is 14.0. The van der Waals surface area contributed by atoms with Crippen LogP contribution in [0.5, 0.6) is 0 Å². The van der Waals surface area contributed by atoms with E-state index in [4.69, 9.17) is 27.9 Å². The number of ether oxygens (including phenoxy) is 1. The molecule has 0 radical (unpaired) electrons. The summed E-state index contributed by atoms with van der Waals surface area (Å²) in [5.74, 6) is -2.32. The number of anilines is 1. The number of carbonyl (C=O) groups is 3. The summed E-state index contributed by atoms with van der Waals surface area (Å²) in [6, 6.07) is 7.64. The molecule has 0 bridgehead atoms. The van der Waals surface area contributed by atoms with Crippen LogP contribution in [0, 0.1) is 11.3 Å². The van der Waals surface area contributed by atoms with Crippen LogP contribution >= 0.6 is 23.2 Å². The number of hydrogen-bond donors (Lipinski definition) is 2.